The molecule has 2 N–H and O–H groups in total. The van der Waals surface area contributed by atoms with Crippen LogP contribution in [-0.4, -0.2) is 28.6 Å². The first kappa shape index (κ1) is 12.6. The van der Waals surface area contributed by atoms with Crippen molar-refractivity contribution in [3.8, 4) is 0 Å². The van der Waals surface area contributed by atoms with E-state index in [1.54, 1.807) is 19.2 Å². The zero-order valence-corrected chi connectivity index (χ0v) is 9.90. The minimum absolute atomic E-state index is 0.205. The van der Waals surface area contributed by atoms with E-state index in [1.165, 1.54) is 0 Å². The van der Waals surface area contributed by atoms with E-state index in [4.69, 9.17) is 5.11 Å². The van der Waals surface area contributed by atoms with Gasteiger partial charge in [0.25, 0.3) is 5.91 Å². The third-order valence-corrected chi connectivity index (χ3v) is 2.20. The molecule has 1 unspecified atom stereocenters. The fourth-order valence-corrected chi connectivity index (χ4v) is 1.22. The van der Waals surface area contributed by atoms with Crippen molar-refractivity contribution >= 4 is 5.91 Å². The number of aliphatic hydroxyl groups is 1. The number of hydrogen-bond acceptors (Lipinski definition) is 3. The first-order chi connectivity index (χ1) is 7.50. The molecule has 0 spiro atoms. The van der Waals surface area contributed by atoms with Crippen LogP contribution in [0.5, 0.6) is 0 Å². The first-order valence-corrected chi connectivity index (χ1v) is 5.43. The van der Waals surface area contributed by atoms with Gasteiger partial charge in [0.15, 0.2) is 0 Å². The smallest absolute Gasteiger partial charge is 0.252 e. The Bertz CT molecular complexity index is 345. The number of nitrogens with one attached hydrogen (secondary N) is 1. The molecule has 0 aliphatic rings. The molecule has 0 aliphatic carbocycles. The molecule has 88 valence electrons. The highest BCUT2D eigenvalue weighted by atomic mass is 16.3. The van der Waals surface area contributed by atoms with Crippen molar-refractivity contribution in [1.29, 1.82) is 0 Å². The van der Waals surface area contributed by atoms with E-state index in [1.807, 2.05) is 6.07 Å². The van der Waals surface area contributed by atoms with Crippen LogP contribution in [0.3, 0.4) is 0 Å². The quantitative estimate of drug-likeness (QED) is 0.807. The Balaban J connectivity index is 2.63. The third kappa shape index (κ3) is 3.62. The Labute approximate surface area is 95.7 Å². The second-order valence-corrected chi connectivity index (χ2v) is 4.19. The minimum atomic E-state index is -0.535. The van der Waals surface area contributed by atoms with Crippen molar-refractivity contribution in [2.24, 2.45) is 0 Å². The van der Waals surface area contributed by atoms with Crippen LogP contribution in [0, 0.1) is 0 Å². The molecule has 0 aliphatic heterocycles. The summed E-state index contributed by atoms with van der Waals surface area (Å²) in [6.07, 6.45) is 1.03. The van der Waals surface area contributed by atoms with Crippen molar-refractivity contribution in [2.75, 3.05) is 6.54 Å². The molecule has 0 bridgehead atoms. The maximum absolute atomic E-state index is 11.6. The van der Waals surface area contributed by atoms with E-state index in [9.17, 15) is 4.79 Å². The predicted molar refractivity (Wildman–Crippen MR) is 62.3 cm³/mol. The highest BCUT2D eigenvalue weighted by molar-refractivity contribution is 5.93. The van der Waals surface area contributed by atoms with Crippen LogP contribution in [0.25, 0.3) is 0 Å². The average molecular weight is 222 g/mol. The van der Waals surface area contributed by atoms with Crippen LogP contribution >= 0.6 is 0 Å². The molecule has 1 amide bonds. The number of aromatic nitrogens is 1. The number of rotatable bonds is 4. The lowest BCUT2D eigenvalue weighted by Gasteiger charge is -2.08. The van der Waals surface area contributed by atoms with E-state index in [0.717, 1.165) is 5.69 Å². The summed E-state index contributed by atoms with van der Waals surface area (Å²) in [4.78, 5) is 15.8. The molecule has 4 heteroatoms. The summed E-state index contributed by atoms with van der Waals surface area (Å²) < 4.78 is 0. The standard InChI is InChI=1S/C12H18N2O2/c1-8(2)11-5-4-10(7-13-11)12(16)14-6-9(3)15/h4-5,7-9,15H,6H2,1-3H3,(H,14,16). The lowest BCUT2D eigenvalue weighted by molar-refractivity contribution is 0.0923. The van der Waals surface area contributed by atoms with Gasteiger partial charge in [0.2, 0.25) is 0 Å². The van der Waals surface area contributed by atoms with Crippen LogP contribution in [0.1, 0.15) is 42.7 Å². The Morgan fingerprint density at radius 1 is 1.44 bits per heavy atom. The largest absolute Gasteiger partial charge is 0.392 e. The molecular formula is C12H18N2O2. The Morgan fingerprint density at radius 2 is 2.12 bits per heavy atom. The van der Waals surface area contributed by atoms with Gasteiger partial charge in [0, 0.05) is 18.4 Å². The van der Waals surface area contributed by atoms with Crippen LogP contribution < -0.4 is 5.32 Å². The Hall–Kier alpha value is -1.42. The number of nitrogens with zero attached hydrogens (tertiary/aromatic N) is 1. The van der Waals surface area contributed by atoms with Gasteiger partial charge in [-0.25, -0.2) is 0 Å². The lowest BCUT2D eigenvalue weighted by atomic mass is 10.1. The number of carbonyl (C=O) groups is 1. The van der Waals surface area contributed by atoms with Gasteiger partial charge >= 0.3 is 0 Å². The lowest BCUT2D eigenvalue weighted by Crippen LogP contribution is -2.30. The first-order valence-electron chi connectivity index (χ1n) is 5.43. The summed E-state index contributed by atoms with van der Waals surface area (Å²) in [7, 11) is 0. The molecule has 1 atom stereocenters. The Kier molecular flexibility index (Phi) is 4.43. The average Bonchev–Trinajstić information content (AvgIpc) is 2.26. The van der Waals surface area contributed by atoms with E-state index in [-0.39, 0.29) is 12.5 Å². The molecule has 16 heavy (non-hydrogen) atoms. The summed E-state index contributed by atoms with van der Waals surface area (Å²) in [6.45, 7) is 5.98. The van der Waals surface area contributed by atoms with E-state index < -0.39 is 6.10 Å². The summed E-state index contributed by atoms with van der Waals surface area (Å²) >= 11 is 0. The molecule has 1 heterocycles. The van der Waals surface area contributed by atoms with Crippen LogP contribution in [0.2, 0.25) is 0 Å². The van der Waals surface area contributed by atoms with E-state index >= 15 is 0 Å². The van der Waals surface area contributed by atoms with Crippen LogP contribution in [0.4, 0.5) is 0 Å². The van der Waals surface area contributed by atoms with E-state index in [2.05, 4.69) is 24.1 Å². The fourth-order valence-electron chi connectivity index (χ4n) is 1.22. The van der Waals surface area contributed by atoms with Crippen LogP contribution in [-0.2, 0) is 0 Å². The normalized spacial score (nSPS) is 12.6. The molecular weight excluding hydrogens is 204 g/mol. The molecule has 1 aromatic heterocycles. The second kappa shape index (κ2) is 5.61. The molecule has 1 aromatic rings. The summed E-state index contributed by atoms with van der Waals surface area (Å²) in [5, 5.41) is 11.7. The second-order valence-electron chi connectivity index (χ2n) is 4.19. The monoisotopic (exact) mass is 222 g/mol. The van der Waals surface area contributed by atoms with E-state index in [0.29, 0.717) is 11.5 Å². The predicted octanol–water partition coefficient (Wildman–Crippen LogP) is 1.32. The van der Waals surface area contributed by atoms with Crippen molar-refractivity contribution in [3.05, 3.63) is 29.6 Å². The van der Waals surface area contributed by atoms with Crippen molar-refractivity contribution in [2.45, 2.75) is 32.8 Å². The van der Waals surface area contributed by atoms with Crippen molar-refractivity contribution < 1.29 is 9.90 Å². The maximum atomic E-state index is 11.6. The molecule has 1 rings (SSSR count). The van der Waals surface area contributed by atoms with Gasteiger partial charge in [0.05, 0.1) is 11.7 Å². The molecule has 0 saturated carbocycles. The topological polar surface area (TPSA) is 62.2 Å². The highest BCUT2D eigenvalue weighted by Crippen LogP contribution is 2.11. The SMILES string of the molecule is CC(O)CNC(=O)c1ccc(C(C)C)nc1. The van der Waals surface area contributed by atoms with Gasteiger partial charge in [0.1, 0.15) is 0 Å². The summed E-state index contributed by atoms with van der Waals surface area (Å²) in [5.74, 6) is 0.151. The number of hydrogen-bond donors (Lipinski definition) is 2. The molecule has 4 nitrogen and oxygen atoms in total. The summed E-state index contributed by atoms with van der Waals surface area (Å²) in [5.41, 5.74) is 1.48. The zero-order chi connectivity index (χ0) is 12.1. The minimum Gasteiger partial charge on any atom is -0.392 e. The number of carbonyl (C=O) groups excluding carboxylic acids is 1. The fraction of sp³-hybridized carbons (Fsp3) is 0.500. The molecule has 0 aromatic carbocycles. The van der Waals surface area contributed by atoms with Crippen molar-refractivity contribution in [3.63, 3.8) is 0 Å². The molecule has 0 saturated heterocycles. The van der Waals surface area contributed by atoms with Crippen molar-refractivity contribution in [1.82, 2.24) is 10.3 Å². The number of aliphatic hydroxyl groups excluding tert-OH is 1. The molecule has 0 radical (unpaired) electrons. The van der Waals surface area contributed by atoms with Gasteiger partial charge in [-0.3, -0.25) is 9.78 Å². The number of pyridine rings is 1. The van der Waals surface area contributed by atoms with Gasteiger partial charge in [-0.15, -0.1) is 0 Å². The molecule has 0 fully saturated rings. The number of amides is 1. The van der Waals surface area contributed by atoms with Gasteiger partial charge in [-0.1, -0.05) is 13.8 Å². The van der Waals surface area contributed by atoms with Crippen LogP contribution in [0.15, 0.2) is 18.3 Å². The zero-order valence-electron chi connectivity index (χ0n) is 9.90. The summed E-state index contributed by atoms with van der Waals surface area (Å²) in [6, 6.07) is 3.60. The maximum Gasteiger partial charge on any atom is 0.252 e. The van der Waals surface area contributed by atoms with Gasteiger partial charge < -0.3 is 10.4 Å². The Morgan fingerprint density at radius 3 is 2.56 bits per heavy atom. The van der Waals surface area contributed by atoms with Gasteiger partial charge in [-0.05, 0) is 25.0 Å². The third-order valence-electron chi connectivity index (χ3n) is 2.20. The van der Waals surface area contributed by atoms with Gasteiger partial charge in [-0.2, -0.15) is 0 Å². The highest BCUT2D eigenvalue weighted by Gasteiger charge is 2.07.